The van der Waals surface area contributed by atoms with Gasteiger partial charge in [-0.1, -0.05) is 46.4 Å². The monoisotopic (exact) mass is 1180 g/mol. The molecule has 0 aliphatic carbocycles. The highest BCUT2D eigenvalue weighted by atomic mass is 35.5. The largest absolute Gasteiger partial charge is 0.478 e. The Labute approximate surface area is 479 Å². The fourth-order valence-electron chi connectivity index (χ4n) is 9.60. The van der Waals surface area contributed by atoms with Crippen LogP contribution in [-0.2, 0) is 21.9 Å². The number of benzene rings is 8. The van der Waals surface area contributed by atoms with Crippen LogP contribution in [0.15, 0.2) is 153 Å². The van der Waals surface area contributed by atoms with Crippen molar-refractivity contribution in [1.29, 1.82) is 0 Å². The minimum absolute atomic E-state index is 0.0130. The highest BCUT2D eigenvalue weighted by molar-refractivity contribution is 6.32. The molecule has 0 saturated carbocycles. The van der Waals surface area contributed by atoms with Crippen molar-refractivity contribution in [1.82, 2.24) is 19.5 Å². The number of carboxylic acids is 2. The molecule has 0 spiro atoms. The summed E-state index contributed by atoms with van der Waals surface area (Å²) in [5.74, 6) is -3.38. The molecule has 8 aromatic carbocycles. The number of alkyl halides is 1. The van der Waals surface area contributed by atoms with E-state index in [1.54, 1.807) is 114 Å². The number of carbonyl (C=O) groups excluding carboxylic acids is 2. The Kier molecular flexibility index (Phi) is 15.2. The number of carboxylic acid groups (broad SMARTS) is 2. The summed E-state index contributed by atoms with van der Waals surface area (Å²) in [4.78, 5) is 109. The molecule has 404 valence electrons. The summed E-state index contributed by atoms with van der Waals surface area (Å²) in [6.07, 6.45) is 0. The lowest BCUT2D eigenvalue weighted by Crippen LogP contribution is -2.14. The Hall–Kier alpha value is -9.03. The van der Waals surface area contributed by atoms with Crippen molar-refractivity contribution >= 4 is 169 Å². The molecule has 4 aromatic heterocycles. The van der Waals surface area contributed by atoms with Gasteiger partial charge in [0.15, 0.2) is 21.7 Å². The number of methoxy groups -OCH3 is 2. The summed E-state index contributed by atoms with van der Waals surface area (Å²) in [5, 5.41) is 24.2. The van der Waals surface area contributed by atoms with Crippen LogP contribution < -0.4 is 21.7 Å². The number of H-pyrrole nitrogens is 3. The van der Waals surface area contributed by atoms with Crippen molar-refractivity contribution in [2.75, 3.05) is 14.2 Å². The second kappa shape index (κ2) is 22.2. The summed E-state index contributed by atoms with van der Waals surface area (Å²) in [6.45, 7) is 0.0130. The number of ether oxygens (including phenoxy) is 2. The number of aromatic nitrogens is 4. The maximum Gasteiger partial charge on any atom is 0.337 e. The molecule has 0 aliphatic rings. The third-order valence-corrected chi connectivity index (χ3v) is 14.6. The molecule has 81 heavy (non-hydrogen) atoms. The van der Waals surface area contributed by atoms with Gasteiger partial charge in [-0.3, -0.25) is 19.2 Å². The number of esters is 2. The molecule has 0 saturated heterocycles. The Morgan fingerprint density at radius 1 is 0.407 bits per heavy atom. The van der Waals surface area contributed by atoms with Crippen LogP contribution in [0.1, 0.15) is 52.6 Å². The Bertz CT molecular complexity index is 4790. The molecule has 5 N–H and O–H groups in total. The molecule has 0 atom stereocenters. The molecule has 16 nitrogen and oxygen atoms in total. The molecule has 0 amide bonds. The minimum Gasteiger partial charge on any atom is -0.478 e. The molecule has 21 heteroatoms. The zero-order valence-corrected chi connectivity index (χ0v) is 45.7. The summed E-state index contributed by atoms with van der Waals surface area (Å²) in [6, 6.07) is 35.0. The number of rotatable bonds is 7. The van der Waals surface area contributed by atoms with Crippen molar-refractivity contribution in [3.63, 3.8) is 0 Å². The summed E-state index contributed by atoms with van der Waals surface area (Å²) in [5.41, 5.74) is 4.83. The van der Waals surface area contributed by atoms with Crippen LogP contribution in [0.3, 0.4) is 0 Å². The van der Waals surface area contributed by atoms with E-state index in [1.165, 1.54) is 32.4 Å². The molecule has 0 fully saturated rings. The summed E-state index contributed by atoms with van der Waals surface area (Å²) in [7, 11) is 2.54. The van der Waals surface area contributed by atoms with E-state index in [2.05, 4.69) is 24.4 Å². The number of nitrogens with zero attached hydrogens (tertiary/aromatic N) is 1. The van der Waals surface area contributed by atoms with Crippen LogP contribution in [0.5, 0.6) is 0 Å². The van der Waals surface area contributed by atoms with Gasteiger partial charge >= 0.3 is 23.9 Å². The Balaban J connectivity index is 0.000000150. The number of carbonyl (C=O) groups is 4. The number of hydrogen-bond donors (Lipinski definition) is 5. The van der Waals surface area contributed by atoms with E-state index in [1.807, 2.05) is 0 Å². The first-order valence-electron chi connectivity index (χ1n) is 24.0. The van der Waals surface area contributed by atoms with E-state index in [9.17, 15) is 48.6 Å². The minimum atomic E-state index is -1.27. The third-order valence-electron chi connectivity index (χ3n) is 13.4. The van der Waals surface area contributed by atoms with Crippen LogP contribution in [0.25, 0.3) is 87.2 Å². The first-order valence-corrected chi connectivity index (χ1v) is 26.1. The van der Waals surface area contributed by atoms with Crippen LogP contribution in [0.4, 0.5) is 0 Å². The number of fused-ring (bicyclic) bond motifs is 8. The van der Waals surface area contributed by atoms with Gasteiger partial charge in [-0.2, -0.15) is 0 Å². The molecule has 4 heterocycles. The zero-order chi connectivity index (χ0) is 57.7. The molecule has 0 unspecified atom stereocenters. The van der Waals surface area contributed by atoms with Crippen molar-refractivity contribution < 1.29 is 38.9 Å². The number of aromatic carboxylic acids is 2. The van der Waals surface area contributed by atoms with Gasteiger partial charge in [0.1, 0.15) is 0 Å². The van der Waals surface area contributed by atoms with Crippen LogP contribution in [-0.4, -0.2) is 67.8 Å². The second-order valence-electron chi connectivity index (χ2n) is 18.4. The standard InChI is InChI=1S/C29H16Cl2N2O6.C20H10Cl2N2O2.C11H11ClO4/c30-16-1-3-22-18(8-16)26(34)19-11-25-21(10-23(19)32-22)27(35)20-9-17(31)2-4-24(20)33(25)12-13-5-14(28(36)37)7-15(6-13)29(38)39;21-9-1-3-15-11(5-9)19(25)13-8-18-14(7-17(13)23-15)20(26)12-6-10(22)2-4-16(12)24-18;1-15-10(13)8-3-7(6-12)4-9(5-8)11(14)16-2/h1-11H,12H2,(H,32,34)(H,36,37)(H,38,39);1-8H,(H,23,25)(H,24,26);3-5H,6H2,1-2H3. The molecule has 12 aromatic rings. The molecule has 0 radical (unpaired) electrons. The maximum absolute atomic E-state index is 13.6. The topological polar surface area (TPSA) is 248 Å². The van der Waals surface area contributed by atoms with Crippen LogP contribution in [0.2, 0.25) is 20.1 Å². The van der Waals surface area contributed by atoms with Gasteiger partial charge in [0, 0.05) is 92.2 Å². The van der Waals surface area contributed by atoms with Crippen molar-refractivity contribution in [2.45, 2.75) is 12.4 Å². The summed E-state index contributed by atoms with van der Waals surface area (Å²) < 4.78 is 10.9. The van der Waals surface area contributed by atoms with Gasteiger partial charge in [-0.15, -0.1) is 11.6 Å². The maximum atomic E-state index is 13.6. The van der Waals surface area contributed by atoms with E-state index in [0.29, 0.717) is 118 Å². The van der Waals surface area contributed by atoms with E-state index in [-0.39, 0.29) is 56.4 Å². The average molecular weight is 1180 g/mol. The zero-order valence-electron chi connectivity index (χ0n) is 41.9. The number of nitrogens with one attached hydrogen (secondary N) is 3. The lowest BCUT2D eigenvalue weighted by atomic mass is 10.0. The predicted octanol–water partition coefficient (Wildman–Crippen LogP) is 12.9. The Morgan fingerprint density at radius 2 is 0.741 bits per heavy atom. The predicted molar refractivity (Wildman–Crippen MR) is 317 cm³/mol. The van der Waals surface area contributed by atoms with Gasteiger partial charge in [-0.25, -0.2) is 19.2 Å². The number of aromatic amines is 3. The number of hydrogen-bond acceptors (Lipinski definition) is 10. The quantitative estimate of drug-likeness (QED) is 0.0568. The van der Waals surface area contributed by atoms with E-state index >= 15 is 0 Å². The van der Waals surface area contributed by atoms with Crippen molar-refractivity contribution in [3.05, 3.63) is 228 Å². The second-order valence-corrected chi connectivity index (χ2v) is 20.4. The van der Waals surface area contributed by atoms with E-state index < -0.39 is 23.9 Å². The molecular weight excluding hydrogens is 1150 g/mol. The van der Waals surface area contributed by atoms with Gasteiger partial charge < -0.3 is 39.2 Å². The molecule has 0 bridgehead atoms. The molecular formula is C60H37Cl5N4O12. The average Bonchev–Trinajstić information content (AvgIpc) is 3.15. The number of pyridine rings is 4. The normalized spacial score (nSPS) is 11.2. The van der Waals surface area contributed by atoms with Gasteiger partial charge in [0.2, 0.25) is 0 Å². The van der Waals surface area contributed by atoms with Gasteiger partial charge in [0.05, 0.1) is 64.1 Å². The Morgan fingerprint density at radius 3 is 1.15 bits per heavy atom. The van der Waals surface area contributed by atoms with Crippen LogP contribution >= 0.6 is 58.0 Å². The first-order chi connectivity index (χ1) is 38.7. The number of halogens is 5. The first kappa shape index (κ1) is 55.3. The summed E-state index contributed by atoms with van der Waals surface area (Å²) >= 11 is 30.1. The van der Waals surface area contributed by atoms with Crippen molar-refractivity contribution in [3.8, 4) is 0 Å². The lowest BCUT2D eigenvalue weighted by molar-refractivity contribution is 0.0595. The lowest BCUT2D eigenvalue weighted by Gasteiger charge is -2.17. The van der Waals surface area contributed by atoms with E-state index in [4.69, 9.17) is 58.0 Å². The SMILES string of the molecule is COC(=O)c1cc(CCl)cc(C(=O)OC)c1.O=C(O)c1cc(Cn2c3ccc(Cl)cc3c(=O)c3cc4[nH]c5ccc(Cl)cc5c(=O)c4cc32)cc(C(=O)O)c1.O=c1c2cc(Cl)ccc2[nH]c2cc3c(=O)c4cc(Cl)ccc4[nH]c3cc12. The van der Waals surface area contributed by atoms with Crippen molar-refractivity contribution in [2.24, 2.45) is 0 Å². The smallest absolute Gasteiger partial charge is 0.337 e. The molecule has 0 aliphatic heterocycles. The van der Waals surface area contributed by atoms with Gasteiger partial charge in [0.25, 0.3) is 0 Å². The van der Waals surface area contributed by atoms with Gasteiger partial charge in [-0.05, 0) is 145 Å². The fourth-order valence-corrected chi connectivity index (χ4v) is 10.4. The highest BCUT2D eigenvalue weighted by Crippen LogP contribution is 2.29. The fraction of sp³-hybridized carbons (Fsp3) is 0.0667. The van der Waals surface area contributed by atoms with Crippen LogP contribution in [0, 0.1) is 0 Å². The third kappa shape index (κ3) is 10.8. The molecule has 12 rings (SSSR count). The highest BCUT2D eigenvalue weighted by Gasteiger charge is 2.19. The van der Waals surface area contributed by atoms with E-state index in [0.717, 1.165) is 6.07 Å².